The van der Waals surface area contributed by atoms with Crippen LogP contribution in [0, 0.1) is 29.1 Å². The average Bonchev–Trinajstić information content (AvgIpc) is 3.56. The van der Waals surface area contributed by atoms with Gasteiger partial charge in [-0.1, -0.05) is 48.6 Å². The number of rotatable bonds is 4. The SMILES string of the molecule is C[C@]12C[C@H](c3ccc(CO)cc3)C3=C4CCC5(C[C@]4(O)CC[C@H]3[C@@H]1CC[C@@]2(O)C#CCOC1CCCCO1)OCCO5. The minimum absolute atomic E-state index is 0.00640. The fraction of sp³-hybridized carbons (Fsp3) is 0.714. The van der Waals surface area contributed by atoms with Crippen LogP contribution in [0.5, 0.6) is 0 Å². The Morgan fingerprint density at radius 2 is 1.79 bits per heavy atom. The van der Waals surface area contributed by atoms with Gasteiger partial charge in [-0.3, -0.25) is 0 Å². The molecule has 2 aliphatic heterocycles. The molecule has 3 N–H and O–H groups in total. The molecule has 228 valence electrons. The molecule has 7 nitrogen and oxygen atoms in total. The van der Waals surface area contributed by atoms with E-state index in [1.165, 1.54) is 16.7 Å². The van der Waals surface area contributed by atoms with Crippen molar-refractivity contribution in [3.05, 3.63) is 46.5 Å². The predicted molar refractivity (Wildman–Crippen MR) is 156 cm³/mol. The van der Waals surface area contributed by atoms with Crippen LogP contribution in [0.1, 0.15) is 94.6 Å². The van der Waals surface area contributed by atoms with E-state index in [9.17, 15) is 15.3 Å². The second kappa shape index (κ2) is 11.0. The van der Waals surface area contributed by atoms with Crippen molar-refractivity contribution in [1.29, 1.82) is 0 Å². The van der Waals surface area contributed by atoms with Gasteiger partial charge in [0.2, 0.25) is 0 Å². The molecule has 7 heteroatoms. The zero-order chi connectivity index (χ0) is 29.0. The van der Waals surface area contributed by atoms with E-state index in [-0.39, 0.29) is 37.3 Å². The normalized spacial score (nSPS) is 40.7. The summed E-state index contributed by atoms with van der Waals surface area (Å²) < 4.78 is 23.7. The largest absolute Gasteiger partial charge is 0.392 e. The summed E-state index contributed by atoms with van der Waals surface area (Å²) in [6.45, 7) is 4.42. The van der Waals surface area contributed by atoms with Gasteiger partial charge < -0.3 is 34.3 Å². The number of aliphatic hydroxyl groups excluding tert-OH is 1. The third-order valence-corrected chi connectivity index (χ3v) is 11.7. The molecule has 4 aliphatic carbocycles. The van der Waals surface area contributed by atoms with Crippen molar-refractivity contribution in [1.82, 2.24) is 0 Å². The fourth-order valence-electron chi connectivity index (χ4n) is 9.54. The molecule has 1 aromatic rings. The maximum atomic E-state index is 12.3. The van der Waals surface area contributed by atoms with Gasteiger partial charge in [0.25, 0.3) is 0 Å². The number of fused-ring (bicyclic) bond motifs is 4. The van der Waals surface area contributed by atoms with Crippen molar-refractivity contribution in [2.45, 2.75) is 113 Å². The second-order valence-corrected chi connectivity index (χ2v) is 13.9. The van der Waals surface area contributed by atoms with Crippen LogP contribution in [-0.4, -0.2) is 65.0 Å². The summed E-state index contributed by atoms with van der Waals surface area (Å²) in [6.07, 6.45) is 8.79. The Hall–Kier alpha value is -1.76. The molecular formula is C35H46O7. The second-order valence-electron chi connectivity index (χ2n) is 13.9. The summed E-state index contributed by atoms with van der Waals surface area (Å²) in [4.78, 5) is 0. The van der Waals surface area contributed by atoms with Gasteiger partial charge in [-0.05, 0) is 86.3 Å². The smallest absolute Gasteiger partial charge is 0.171 e. The topological polar surface area (TPSA) is 97.6 Å². The summed E-state index contributed by atoms with van der Waals surface area (Å²) in [6, 6.07) is 8.26. The van der Waals surface area contributed by atoms with Gasteiger partial charge in [0.05, 0.1) is 25.4 Å². The number of hydrogen-bond acceptors (Lipinski definition) is 7. The number of benzene rings is 1. The van der Waals surface area contributed by atoms with E-state index < -0.39 is 22.4 Å². The Morgan fingerprint density at radius 3 is 2.52 bits per heavy atom. The first-order valence-electron chi connectivity index (χ1n) is 16.2. The first kappa shape index (κ1) is 29.0. The molecule has 1 aromatic carbocycles. The zero-order valence-corrected chi connectivity index (χ0v) is 24.9. The summed E-state index contributed by atoms with van der Waals surface area (Å²) in [5.41, 5.74) is 2.18. The summed E-state index contributed by atoms with van der Waals surface area (Å²) in [7, 11) is 0. The molecule has 7 rings (SSSR count). The number of ether oxygens (including phenoxy) is 4. The van der Waals surface area contributed by atoms with Gasteiger partial charge in [0, 0.05) is 30.8 Å². The maximum absolute atomic E-state index is 12.3. The van der Waals surface area contributed by atoms with Gasteiger partial charge in [0.1, 0.15) is 12.2 Å². The van der Waals surface area contributed by atoms with Crippen LogP contribution in [-0.2, 0) is 25.6 Å². The molecule has 42 heavy (non-hydrogen) atoms. The average molecular weight is 579 g/mol. The molecule has 3 saturated carbocycles. The van der Waals surface area contributed by atoms with Crippen molar-refractivity contribution in [3.8, 4) is 11.8 Å². The fourth-order valence-corrected chi connectivity index (χ4v) is 9.54. The van der Waals surface area contributed by atoms with Gasteiger partial charge in [-0.2, -0.15) is 0 Å². The van der Waals surface area contributed by atoms with E-state index in [2.05, 4.69) is 30.9 Å². The zero-order valence-electron chi connectivity index (χ0n) is 24.9. The molecule has 2 saturated heterocycles. The van der Waals surface area contributed by atoms with Crippen molar-refractivity contribution in [3.63, 3.8) is 0 Å². The standard InChI is InChI=1S/C35H46O7/c1-32-21-27(25-8-6-24(22-36)7-9-25)31-26(10-14-33(37)23-35(16-12-29(31)33)41-19-20-42-35)28(32)11-15-34(32,38)13-4-18-40-30-5-2-3-17-39-30/h6-9,26-28,30,36-38H,2-3,5,10-12,14-23H2,1H3/t26-,27+,28-,30?,32-,33+,34-/m0/s1. The number of aliphatic hydroxyl groups is 3. The van der Waals surface area contributed by atoms with E-state index in [1.54, 1.807) is 0 Å². The minimum atomic E-state index is -1.11. The quantitative estimate of drug-likeness (QED) is 0.351. The van der Waals surface area contributed by atoms with Crippen LogP contribution in [0.2, 0.25) is 0 Å². The lowest BCUT2D eigenvalue weighted by Crippen LogP contribution is -2.55. The first-order chi connectivity index (χ1) is 20.3. The Balaban J connectivity index is 1.23. The van der Waals surface area contributed by atoms with Crippen LogP contribution in [0.4, 0.5) is 0 Å². The Bertz CT molecular complexity index is 1250. The molecule has 0 bridgehead atoms. The van der Waals surface area contributed by atoms with Crippen molar-refractivity contribution in [2.24, 2.45) is 17.3 Å². The monoisotopic (exact) mass is 578 g/mol. The van der Waals surface area contributed by atoms with Crippen molar-refractivity contribution in [2.75, 3.05) is 26.4 Å². The third kappa shape index (κ3) is 4.79. The van der Waals surface area contributed by atoms with Crippen LogP contribution < -0.4 is 0 Å². The lowest BCUT2D eigenvalue weighted by atomic mass is 9.49. The Labute approximate surface area is 249 Å². The third-order valence-electron chi connectivity index (χ3n) is 11.7. The molecule has 6 aliphatic rings. The van der Waals surface area contributed by atoms with E-state index in [4.69, 9.17) is 18.9 Å². The summed E-state index contributed by atoms with van der Waals surface area (Å²) >= 11 is 0. The lowest BCUT2D eigenvalue weighted by Gasteiger charge is -2.57. The van der Waals surface area contributed by atoms with Gasteiger partial charge >= 0.3 is 0 Å². The minimum Gasteiger partial charge on any atom is -0.392 e. The highest BCUT2D eigenvalue weighted by atomic mass is 16.7. The van der Waals surface area contributed by atoms with Crippen LogP contribution in [0.25, 0.3) is 0 Å². The van der Waals surface area contributed by atoms with E-state index >= 15 is 0 Å². The Morgan fingerprint density at radius 1 is 0.976 bits per heavy atom. The molecule has 0 aromatic heterocycles. The van der Waals surface area contributed by atoms with Crippen LogP contribution >= 0.6 is 0 Å². The Kier molecular flexibility index (Phi) is 7.59. The number of allylic oxidation sites excluding steroid dienone is 1. The molecule has 7 atom stereocenters. The van der Waals surface area contributed by atoms with E-state index in [1.807, 2.05) is 12.1 Å². The highest BCUT2D eigenvalue weighted by Gasteiger charge is 2.64. The molecule has 0 radical (unpaired) electrons. The molecule has 5 fully saturated rings. The van der Waals surface area contributed by atoms with Crippen molar-refractivity contribution < 1.29 is 34.3 Å². The van der Waals surface area contributed by atoms with E-state index in [0.717, 1.165) is 63.5 Å². The van der Waals surface area contributed by atoms with Gasteiger partial charge in [-0.15, -0.1) is 0 Å². The van der Waals surface area contributed by atoms with Crippen LogP contribution in [0.15, 0.2) is 35.4 Å². The van der Waals surface area contributed by atoms with Crippen LogP contribution in [0.3, 0.4) is 0 Å². The highest BCUT2D eigenvalue weighted by Crippen LogP contribution is 2.67. The molecule has 0 amide bonds. The predicted octanol–water partition coefficient (Wildman–Crippen LogP) is 4.72. The molecular weight excluding hydrogens is 532 g/mol. The van der Waals surface area contributed by atoms with Crippen molar-refractivity contribution >= 4 is 0 Å². The molecule has 1 spiro atoms. The summed E-state index contributed by atoms with van der Waals surface area (Å²) in [5.74, 6) is 6.46. The van der Waals surface area contributed by atoms with Gasteiger partial charge in [0.15, 0.2) is 12.1 Å². The molecule has 1 unspecified atom stereocenters. The first-order valence-corrected chi connectivity index (χ1v) is 16.2. The summed E-state index contributed by atoms with van der Waals surface area (Å²) in [5, 5.41) is 34.2. The lowest BCUT2D eigenvalue weighted by molar-refractivity contribution is -0.208. The number of hydrogen-bond donors (Lipinski definition) is 3. The van der Waals surface area contributed by atoms with Gasteiger partial charge in [-0.25, -0.2) is 0 Å². The maximum Gasteiger partial charge on any atom is 0.171 e. The van der Waals surface area contributed by atoms with E-state index in [0.29, 0.717) is 32.5 Å². The highest BCUT2D eigenvalue weighted by molar-refractivity contribution is 5.45. The molecule has 2 heterocycles.